The van der Waals surface area contributed by atoms with Crippen LogP contribution in [0, 0.1) is 6.92 Å². The summed E-state index contributed by atoms with van der Waals surface area (Å²) < 4.78 is 4.93. The number of rotatable bonds is 7. The normalized spacial score (nSPS) is 10.4. The highest BCUT2D eigenvalue weighted by molar-refractivity contribution is 6.31. The number of methoxy groups -OCH3 is 1. The van der Waals surface area contributed by atoms with E-state index in [1.165, 1.54) is 18.5 Å². The summed E-state index contributed by atoms with van der Waals surface area (Å²) in [6.07, 6.45) is 3.55. The summed E-state index contributed by atoms with van der Waals surface area (Å²) in [5, 5.41) is 6.11. The fraction of sp³-hybridized carbons (Fsp3) is 0.278. The lowest BCUT2D eigenvalue weighted by Crippen LogP contribution is -2.25. The van der Waals surface area contributed by atoms with E-state index in [0.717, 1.165) is 5.56 Å². The molecule has 1 aromatic heterocycles. The van der Waals surface area contributed by atoms with E-state index in [9.17, 15) is 9.59 Å². The molecule has 0 saturated carbocycles. The lowest BCUT2D eigenvalue weighted by Gasteiger charge is -2.10. The summed E-state index contributed by atoms with van der Waals surface area (Å²) in [5.41, 5.74) is 2.02. The van der Waals surface area contributed by atoms with Gasteiger partial charge in [0.15, 0.2) is 0 Å². The van der Waals surface area contributed by atoms with Gasteiger partial charge in [-0.25, -0.2) is 0 Å². The van der Waals surface area contributed by atoms with E-state index in [4.69, 9.17) is 16.3 Å². The highest BCUT2D eigenvalue weighted by Crippen LogP contribution is 2.23. The summed E-state index contributed by atoms with van der Waals surface area (Å²) >= 11 is 6.06. The lowest BCUT2D eigenvalue weighted by molar-refractivity contribution is 0.0948. The van der Waals surface area contributed by atoms with Gasteiger partial charge in [-0.3, -0.25) is 14.6 Å². The molecule has 2 aromatic rings. The topological polar surface area (TPSA) is 80.3 Å². The van der Waals surface area contributed by atoms with Crippen molar-refractivity contribution in [2.45, 2.75) is 13.3 Å². The van der Waals surface area contributed by atoms with Gasteiger partial charge in [0.1, 0.15) is 0 Å². The van der Waals surface area contributed by atoms with Crippen molar-refractivity contribution < 1.29 is 14.3 Å². The molecule has 0 unspecified atom stereocenters. The molecular formula is C18H20ClN3O3. The van der Waals surface area contributed by atoms with Gasteiger partial charge in [-0.1, -0.05) is 17.7 Å². The molecule has 0 saturated heterocycles. The first-order valence-electron chi connectivity index (χ1n) is 7.81. The Kier molecular flexibility index (Phi) is 6.91. The number of benzene rings is 1. The highest BCUT2D eigenvalue weighted by Gasteiger charge is 2.13. The van der Waals surface area contributed by atoms with E-state index >= 15 is 0 Å². The SMILES string of the molecule is COCCCNC(=O)c1cncc(C(=O)Nc2cccc(Cl)c2C)c1. The third-order valence-electron chi connectivity index (χ3n) is 3.59. The van der Waals surface area contributed by atoms with E-state index in [2.05, 4.69) is 15.6 Å². The van der Waals surface area contributed by atoms with E-state index in [-0.39, 0.29) is 11.8 Å². The van der Waals surface area contributed by atoms with Crippen molar-refractivity contribution in [1.29, 1.82) is 0 Å². The molecule has 2 N–H and O–H groups in total. The number of halogens is 1. The van der Waals surface area contributed by atoms with Crippen LogP contribution in [0.15, 0.2) is 36.7 Å². The first-order chi connectivity index (χ1) is 12.0. The summed E-state index contributed by atoms with van der Waals surface area (Å²) in [6, 6.07) is 6.78. The second-order valence-corrected chi connectivity index (χ2v) is 5.84. The zero-order valence-electron chi connectivity index (χ0n) is 14.1. The molecule has 0 aliphatic heterocycles. The Morgan fingerprint density at radius 1 is 1.20 bits per heavy atom. The first-order valence-corrected chi connectivity index (χ1v) is 8.19. The minimum Gasteiger partial charge on any atom is -0.385 e. The van der Waals surface area contributed by atoms with Crippen LogP contribution in [0.3, 0.4) is 0 Å². The Morgan fingerprint density at radius 2 is 1.92 bits per heavy atom. The van der Waals surface area contributed by atoms with Crippen molar-refractivity contribution in [1.82, 2.24) is 10.3 Å². The number of ether oxygens (including phenoxy) is 1. The standard InChI is InChI=1S/C18H20ClN3O3/c1-12-15(19)5-3-6-16(12)22-18(24)14-9-13(10-20-11-14)17(23)21-7-4-8-25-2/h3,5-6,9-11H,4,7-8H2,1-2H3,(H,21,23)(H,22,24). The van der Waals surface area contributed by atoms with Gasteiger partial charge in [-0.15, -0.1) is 0 Å². The number of nitrogens with one attached hydrogen (secondary N) is 2. The van der Waals surface area contributed by atoms with Crippen molar-refractivity contribution in [3.8, 4) is 0 Å². The van der Waals surface area contributed by atoms with Gasteiger partial charge in [-0.05, 0) is 37.1 Å². The molecule has 0 aliphatic carbocycles. The Bertz CT molecular complexity index is 765. The van der Waals surface area contributed by atoms with Crippen LogP contribution >= 0.6 is 11.6 Å². The number of hydrogen-bond donors (Lipinski definition) is 2. The number of carbonyl (C=O) groups is 2. The molecule has 2 rings (SSSR count). The van der Waals surface area contributed by atoms with Crippen LogP contribution in [0.2, 0.25) is 5.02 Å². The maximum absolute atomic E-state index is 12.4. The fourth-order valence-electron chi connectivity index (χ4n) is 2.15. The zero-order chi connectivity index (χ0) is 18.2. The van der Waals surface area contributed by atoms with Crippen molar-refractivity contribution in [2.24, 2.45) is 0 Å². The fourth-order valence-corrected chi connectivity index (χ4v) is 2.32. The number of aromatic nitrogens is 1. The molecule has 0 spiro atoms. The van der Waals surface area contributed by atoms with Gasteiger partial charge in [0.25, 0.3) is 11.8 Å². The molecule has 1 heterocycles. The van der Waals surface area contributed by atoms with E-state index in [1.54, 1.807) is 25.3 Å². The van der Waals surface area contributed by atoms with Crippen LogP contribution < -0.4 is 10.6 Å². The third-order valence-corrected chi connectivity index (χ3v) is 4.00. The average molecular weight is 362 g/mol. The van der Waals surface area contributed by atoms with E-state index in [0.29, 0.717) is 41.4 Å². The van der Waals surface area contributed by atoms with Crippen molar-refractivity contribution in [3.63, 3.8) is 0 Å². The third kappa shape index (κ3) is 5.27. The van der Waals surface area contributed by atoms with Crippen LogP contribution in [0.5, 0.6) is 0 Å². The molecule has 0 aliphatic rings. The van der Waals surface area contributed by atoms with E-state index in [1.807, 2.05) is 6.92 Å². The van der Waals surface area contributed by atoms with Gasteiger partial charge in [0.05, 0.1) is 11.1 Å². The summed E-state index contributed by atoms with van der Waals surface area (Å²) in [5.74, 6) is -0.635. The molecule has 2 amide bonds. The monoisotopic (exact) mass is 361 g/mol. The predicted molar refractivity (Wildman–Crippen MR) is 97.2 cm³/mol. The summed E-state index contributed by atoms with van der Waals surface area (Å²) in [4.78, 5) is 28.5. The highest BCUT2D eigenvalue weighted by atomic mass is 35.5. The second-order valence-electron chi connectivity index (χ2n) is 5.43. The molecule has 6 nitrogen and oxygen atoms in total. The molecule has 0 bridgehead atoms. The average Bonchev–Trinajstić information content (AvgIpc) is 2.62. The molecular weight excluding hydrogens is 342 g/mol. The molecule has 1 aromatic carbocycles. The van der Waals surface area contributed by atoms with Gasteiger partial charge >= 0.3 is 0 Å². The number of hydrogen-bond acceptors (Lipinski definition) is 4. The van der Waals surface area contributed by atoms with Crippen LogP contribution in [-0.4, -0.2) is 37.1 Å². The smallest absolute Gasteiger partial charge is 0.257 e. The molecule has 0 atom stereocenters. The first kappa shape index (κ1) is 18.9. The molecule has 25 heavy (non-hydrogen) atoms. The number of amides is 2. The number of pyridine rings is 1. The van der Waals surface area contributed by atoms with Gasteiger partial charge in [0, 0.05) is 43.4 Å². The maximum atomic E-state index is 12.4. The number of carbonyl (C=O) groups excluding carboxylic acids is 2. The molecule has 0 radical (unpaired) electrons. The van der Waals surface area contributed by atoms with Crippen LogP contribution in [0.25, 0.3) is 0 Å². The maximum Gasteiger partial charge on any atom is 0.257 e. The van der Waals surface area contributed by atoms with Crippen LogP contribution in [-0.2, 0) is 4.74 Å². The molecule has 7 heteroatoms. The largest absolute Gasteiger partial charge is 0.385 e. The van der Waals surface area contributed by atoms with Crippen molar-refractivity contribution >= 4 is 29.1 Å². The predicted octanol–water partition coefficient (Wildman–Crippen LogP) is 3.06. The summed E-state index contributed by atoms with van der Waals surface area (Å²) in [6.45, 7) is 2.88. The van der Waals surface area contributed by atoms with E-state index < -0.39 is 0 Å². The number of nitrogens with zero attached hydrogens (tertiary/aromatic N) is 1. The van der Waals surface area contributed by atoms with Gasteiger partial charge < -0.3 is 15.4 Å². The summed E-state index contributed by atoms with van der Waals surface area (Å²) in [7, 11) is 1.61. The van der Waals surface area contributed by atoms with Crippen LogP contribution in [0.1, 0.15) is 32.7 Å². The van der Waals surface area contributed by atoms with Crippen molar-refractivity contribution in [2.75, 3.05) is 25.6 Å². The van der Waals surface area contributed by atoms with Gasteiger partial charge in [-0.2, -0.15) is 0 Å². The van der Waals surface area contributed by atoms with Crippen molar-refractivity contribution in [3.05, 3.63) is 58.4 Å². The molecule has 0 fully saturated rings. The Balaban J connectivity index is 2.06. The van der Waals surface area contributed by atoms with Crippen LogP contribution in [0.4, 0.5) is 5.69 Å². The minimum absolute atomic E-state index is 0.280. The van der Waals surface area contributed by atoms with Gasteiger partial charge in [0.2, 0.25) is 0 Å². The minimum atomic E-state index is -0.355. The lowest BCUT2D eigenvalue weighted by atomic mass is 10.1. The number of anilines is 1. The quantitative estimate of drug-likeness (QED) is 0.743. The Hall–Kier alpha value is -2.44. The Labute approximate surface area is 151 Å². The molecule has 132 valence electrons. The Morgan fingerprint density at radius 3 is 2.64 bits per heavy atom. The second kappa shape index (κ2) is 9.15. The zero-order valence-corrected chi connectivity index (χ0v) is 14.9.